The minimum absolute atomic E-state index is 0.159. The molecule has 7 nitrogen and oxygen atoms in total. The van der Waals surface area contributed by atoms with Gasteiger partial charge in [0.05, 0.1) is 58.9 Å². The maximum atomic E-state index is 13.1. The Morgan fingerprint density at radius 1 is 1.06 bits per heavy atom. The van der Waals surface area contributed by atoms with E-state index in [9.17, 15) is 14.1 Å². The Hall–Kier alpha value is -1.42. The van der Waals surface area contributed by atoms with Crippen LogP contribution in [0.4, 0.5) is 10.5 Å². The van der Waals surface area contributed by atoms with Crippen LogP contribution in [-0.4, -0.2) is 67.4 Å². The SMILES string of the molecule is [B]C([B])([B])C(O)(c1ncc(S(N)(=O)=NC(=O)Nc2c3c(cc4c2CCC4)CCC3)s1)C([B])([B])[B]. The van der Waals surface area contributed by atoms with E-state index < -0.39 is 31.8 Å². The van der Waals surface area contributed by atoms with Gasteiger partial charge in [-0.15, -0.1) is 15.7 Å². The molecule has 0 aliphatic heterocycles. The fourth-order valence-electron chi connectivity index (χ4n) is 4.57. The van der Waals surface area contributed by atoms with Crippen molar-refractivity contribution in [3.63, 3.8) is 0 Å². The quantitative estimate of drug-likeness (QED) is 0.538. The second kappa shape index (κ2) is 8.61. The number of anilines is 1. The predicted octanol–water partition coefficient (Wildman–Crippen LogP) is 0.399. The van der Waals surface area contributed by atoms with Crippen molar-refractivity contribution < 1.29 is 14.1 Å². The first kappa shape index (κ1) is 25.7. The first-order valence-electron chi connectivity index (χ1n) is 10.6. The van der Waals surface area contributed by atoms with E-state index in [2.05, 4.69) is 20.7 Å². The Kier molecular flexibility index (Phi) is 6.50. The van der Waals surface area contributed by atoms with E-state index in [1.165, 1.54) is 11.1 Å². The number of nitrogens with two attached hydrogens (primary N) is 1. The number of carbonyl (C=O) groups excluding carboxylic acids is 1. The summed E-state index contributed by atoms with van der Waals surface area (Å²) in [5.74, 6) is 0. The lowest BCUT2D eigenvalue weighted by Gasteiger charge is -2.50. The number of rotatable bonds is 5. The Labute approximate surface area is 211 Å². The van der Waals surface area contributed by atoms with Crippen molar-refractivity contribution in [1.82, 2.24) is 4.98 Å². The number of benzene rings is 1. The highest BCUT2D eigenvalue weighted by atomic mass is 32.2. The van der Waals surface area contributed by atoms with Gasteiger partial charge in [-0.1, -0.05) is 16.3 Å². The molecule has 162 valence electrons. The van der Waals surface area contributed by atoms with Gasteiger partial charge in [-0.25, -0.2) is 19.1 Å². The third-order valence-electron chi connectivity index (χ3n) is 6.26. The van der Waals surface area contributed by atoms with E-state index in [0.717, 1.165) is 61.5 Å². The molecule has 15 heteroatoms. The average Bonchev–Trinajstić information content (AvgIpc) is 3.44. The van der Waals surface area contributed by atoms with Gasteiger partial charge < -0.3 is 10.4 Å². The number of hydrogen-bond donors (Lipinski definition) is 3. The molecule has 2 amide bonds. The average molecular weight is 479 g/mol. The number of nitrogens with zero attached hydrogens (tertiary/aromatic N) is 2. The van der Waals surface area contributed by atoms with Crippen LogP contribution in [0.1, 0.15) is 40.1 Å². The smallest absolute Gasteiger partial charge is 0.354 e. The summed E-state index contributed by atoms with van der Waals surface area (Å²) in [4.78, 5) is 16.7. The van der Waals surface area contributed by atoms with Crippen LogP contribution in [-0.2, 0) is 41.2 Å². The topological polar surface area (TPSA) is 118 Å². The van der Waals surface area contributed by atoms with Crippen molar-refractivity contribution in [2.75, 3.05) is 5.32 Å². The van der Waals surface area contributed by atoms with Gasteiger partial charge in [-0.2, -0.15) is 0 Å². The maximum Gasteiger partial charge on any atom is 0.354 e. The third kappa shape index (κ3) is 4.33. The summed E-state index contributed by atoms with van der Waals surface area (Å²) in [5.41, 5.74) is 2.73. The molecule has 0 fully saturated rings. The minimum Gasteiger partial charge on any atom is -0.386 e. The molecule has 4 rings (SSSR count). The van der Waals surface area contributed by atoms with Gasteiger partial charge in [0.15, 0.2) is 9.92 Å². The van der Waals surface area contributed by atoms with Gasteiger partial charge in [0.25, 0.3) is 0 Å². The molecule has 12 radical (unpaired) electrons. The van der Waals surface area contributed by atoms with Crippen molar-refractivity contribution in [3.05, 3.63) is 39.5 Å². The number of aliphatic hydroxyl groups is 1. The molecule has 0 saturated carbocycles. The highest BCUT2D eigenvalue weighted by Gasteiger charge is 2.50. The van der Waals surface area contributed by atoms with E-state index in [1.54, 1.807) is 0 Å². The van der Waals surface area contributed by atoms with Gasteiger partial charge in [-0.3, -0.25) is 0 Å². The fourth-order valence-corrected chi connectivity index (χ4v) is 6.89. The van der Waals surface area contributed by atoms with Gasteiger partial charge in [0.1, 0.15) is 9.22 Å². The van der Waals surface area contributed by atoms with Crippen LogP contribution in [0.5, 0.6) is 0 Å². The zero-order valence-electron chi connectivity index (χ0n) is 18.4. The molecule has 1 unspecified atom stereocenters. The molecule has 1 heterocycles. The second-order valence-corrected chi connectivity index (χ2v) is 11.9. The molecule has 2 aromatic rings. The van der Waals surface area contributed by atoms with E-state index in [0.29, 0.717) is 11.3 Å². The number of carbonyl (C=O) groups is 1. The van der Waals surface area contributed by atoms with Crippen LogP contribution in [0, 0.1) is 0 Å². The van der Waals surface area contributed by atoms with E-state index >= 15 is 0 Å². The molecule has 0 saturated heterocycles. The summed E-state index contributed by atoms with van der Waals surface area (Å²) in [6.07, 6.45) is 6.68. The summed E-state index contributed by atoms with van der Waals surface area (Å²) in [6.45, 7) is 0. The van der Waals surface area contributed by atoms with Crippen LogP contribution >= 0.6 is 11.3 Å². The number of nitrogens with one attached hydrogen (secondary N) is 1. The molecule has 0 spiro atoms. The Morgan fingerprint density at radius 3 is 2.09 bits per heavy atom. The summed E-state index contributed by atoms with van der Waals surface area (Å²) < 4.78 is 16.7. The van der Waals surface area contributed by atoms with Crippen LogP contribution in [0.15, 0.2) is 20.8 Å². The Balaban J connectivity index is 1.67. The maximum absolute atomic E-state index is 13.1. The van der Waals surface area contributed by atoms with Gasteiger partial charge in [0.2, 0.25) is 0 Å². The summed E-state index contributed by atoms with van der Waals surface area (Å²) in [5, 5.41) is 14.5. The molecule has 1 aromatic carbocycles. The molecule has 2 aliphatic rings. The summed E-state index contributed by atoms with van der Waals surface area (Å²) in [6, 6.07) is 1.37. The zero-order chi connectivity index (χ0) is 25.1. The first-order chi connectivity index (χ1) is 15.6. The normalized spacial score (nSPS) is 17.6. The lowest BCUT2D eigenvalue weighted by atomic mass is 9.23. The van der Waals surface area contributed by atoms with Crippen molar-refractivity contribution in [2.45, 2.75) is 58.6 Å². The van der Waals surface area contributed by atoms with E-state index in [1.807, 2.05) is 0 Å². The van der Waals surface area contributed by atoms with Gasteiger partial charge in [0, 0.05) is 5.69 Å². The number of amides is 2. The Bertz CT molecular complexity index is 1230. The number of urea groups is 1. The van der Waals surface area contributed by atoms with Gasteiger partial charge in [-0.05, 0) is 60.8 Å². The third-order valence-corrected chi connectivity index (χ3v) is 9.25. The summed E-state index contributed by atoms with van der Waals surface area (Å²) in [7, 11) is 30.1. The molecule has 2 aliphatic carbocycles. The van der Waals surface area contributed by atoms with Gasteiger partial charge >= 0.3 is 6.03 Å². The fraction of sp³-hybridized carbons (Fsp3) is 0.474. The first-order valence-corrected chi connectivity index (χ1v) is 13.0. The molecule has 1 atom stereocenters. The number of aromatic nitrogens is 1. The van der Waals surface area contributed by atoms with Crippen LogP contribution in [0.3, 0.4) is 0 Å². The Morgan fingerprint density at radius 2 is 1.59 bits per heavy atom. The number of hydrogen-bond acceptors (Lipinski definition) is 5. The van der Waals surface area contributed by atoms with Crippen LogP contribution in [0.2, 0.25) is 10.2 Å². The number of aryl methyl sites for hydroxylation is 2. The van der Waals surface area contributed by atoms with Crippen molar-refractivity contribution in [3.8, 4) is 0 Å². The predicted molar refractivity (Wildman–Crippen MR) is 138 cm³/mol. The lowest BCUT2D eigenvalue weighted by molar-refractivity contribution is 0.0380. The molecule has 0 bridgehead atoms. The standard InChI is InChI=1S/C19H18B6N4O3S2/c20-18(21,22)17(31,19(23,24)25)15-27-8-13(33-15)34(26,32)29-16(30)28-14-11-5-1-3-9(11)7-10-4-2-6-12(10)14/h7-8,31H,1-6H2,(H3,26,28,29,30,32). The minimum atomic E-state index is -3.78. The van der Waals surface area contributed by atoms with Crippen molar-refractivity contribution in [2.24, 2.45) is 9.50 Å². The number of thiazole rings is 1. The van der Waals surface area contributed by atoms with E-state index in [-0.39, 0.29) is 9.22 Å². The van der Waals surface area contributed by atoms with Crippen LogP contribution in [0.25, 0.3) is 0 Å². The molecule has 34 heavy (non-hydrogen) atoms. The van der Waals surface area contributed by atoms with E-state index in [4.69, 9.17) is 52.2 Å². The molecule has 4 N–H and O–H groups in total. The second-order valence-electron chi connectivity index (χ2n) is 8.88. The largest absolute Gasteiger partial charge is 0.386 e. The number of fused-ring (bicyclic) bond motifs is 2. The van der Waals surface area contributed by atoms with Crippen LogP contribution < -0.4 is 10.5 Å². The molecular formula is C19H18B6N4O3S2. The molecular weight excluding hydrogens is 461 g/mol. The van der Waals surface area contributed by atoms with Crippen molar-refractivity contribution >= 4 is 80.0 Å². The zero-order valence-corrected chi connectivity index (χ0v) is 20.0. The monoisotopic (exact) mass is 480 g/mol. The van der Waals surface area contributed by atoms with Crippen molar-refractivity contribution in [1.29, 1.82) is 0 Å². The summed E-state index contributed by atoms with van der Waals surface area (Å²) >= 11 is 0.574. The molecule has 1 aromatic heterocycles. The highest BCUT2D eigenvalue weighted by molar-refractivity contribution is 7.93. The highest BCUT2D eigenvalue weighted by Crippen LogP contribution is 2.51. The lowest BCUT2D eigenvalue weighted by Crippen LogP contribution is -2.52.